The van der Waals surface area contributed by atoms with Crippen LogP contribution in [-0.4, -0.2) is 61.2 Å². The minimum atomic E-state index is -0.340. The second kappa shape index (κ2) is 9.14. The van der Waals surface area contributed by atoms with E-state index in [1.807, 2.05) is 18.4 Å². The van der Waals surface area contributed by atoms with Crippen molar-refractivity contribution in [1.29, 1.82) is 0 Å². The van der Waals surface area contributed by atoms with Crippen molar-refractivity contribution in [1.82, 2.24) is 9.88 Å². The predicted molar refractivity (Wildman–Crippen MR) is 113 cm³/mol. The third-order valence-corrected chi connectivity index (χ3v) is 5.43. The maximum absolute atomic E-state index is 14.1. The maximum atomic E-state index is 14.1. The van der Waals surface area contributed by atoms with Gasteiger partial charge < -0.3 is 19.3 Å². The van der Waals surface area contributed by atoms with E-state index in [0.29, 0.717) is 11.6 Å². The number of methoxy groups -OCH3 is 2. The number of anilines is 1. The number of halogens is 1. The second-order valence-electron chi connectivity index (χ2n) is 6.29. The Morgan fingerprint density at radius 2 is 2.07 bits per heavy atom. The van der Waals surface area contributed by atoms with Crippen LogP contribution in [0.4, 0.5) is 15.8 Å². The highest BCUT2D eigenvalue weighted by Gasteiger charge is 2.34. The van der Waals surface area contributed by atoms with Crippen LogP contribution >= 0.6 is 11.8 Å². The number of thioether (sulfide) groups is 1. The lowest BCUT2D eigenvalue weighted by atomic mass is 10.1. The number of aliphatic imine (C=N–C) groups is 1. The van der Waals surface area contributed by atoms with Gasteiger partial charge in [-0.15, -0.1) is 0 Å². The van der Waals surface area contributed by atoms with Crippen molar-refractivity contribution >= 4 is 28.3 Å². The summed E-state index contributed by atoms with van der Waals surface area (Å²) in [4.78, 5) is 13.3. The van der Waals surface area contributed by atoms with Crippen LogP contribution in [0.2, 0.25) is 0 Å². The van der Waals surface area contributed by atoms with Gasteiger partial charge in [-0.1, -0.05) is 17.8 Å². The normalized spacial score (nSPS) is 14.6. The monoisotopic (exact) mass is 404 g/mol. The van der Waals surface area contributed by atoms with E-state index in [2.05, 4.69) is 21.7 Å². The number of ether oxygens (including phenoxy) is 2. The molecule has 1 aromatic heterocycles. The van der Waals surface area contributed by atoms with E-state index >= 15 is 0 Å². The lowest BCUT2D eigenvalue weighted by Gasteiger charge is -2.47. The predicted octanol–water partition coefficient (Wildman–Crippen LogP) is 3.80. The molecule has 1 aromatic carbocycles. The fourth-order valence-corrected chi connectivity index (χ4v) is 3.88. The van der Waals surface area contributed by atoms with Gasteiger partial charge in [0.25, 0.3) is 0 Å². The molecule has 0 amide bonds. The summed E-state index contributed by atoms with van der Waals surface area (Å²) in [6.45, 7) is 4.47. The average Bonchev–Trinajstić information content (AvgIpc) is 2.69. The van der Waals surface area contributed by atoms with Crippen LogP contribution in [-0.2, 0) is 0 Å². The Labute approximate surface area is 169 Å². The molecule has 28 heavy (non-hydrogen) atoms. The van der Waals surface area contributed by atoms with Gasteiger partial charge in [-0.25, -0.2) is 14.4 Å². The molecule has 1 aliphatic rings. The number of para-hydroxylation sites is 1. The fourth-order valence-electron chi connectivity index (χ4n) is 3.27. The first kappa shape index (κ1) is 20.3. The van der Waals surface area contributed by atoms with Crippen LogP contribution < -0.4 is 14.4 Å². The van der Waals surface area contributed by atoms with Gasteiger partial charge in [0.05, 0.1) is 37.8 Å². The van der Waals surface area contributed by atoms with E-state index in [4.69, 9.17) is 14.5 Å². The van der Waals surface area contributed by atoms with Crippen LogP contribution in [0.5, 0.6) is 11.6 Å². The highest BCUT2D eigenvalue weighted by Crippen LogP contribution is 2.34. The quantitative estimate of drug-likeness (QED) is 0.539. The Kier molecular flexibility index (Phi) is 6.61. The summed E-state index contributed by atoms with van der Waals surface area (Å²) in [5.41, 5.74) is 1.57. The molecule has 1 saturated heterocycles. The summed E-state index contributed by atoms with van der Waals surface area (Å²) in [6.07, 6.45) is 3.71. The molecule has 6 nitrogen and oxygen atoms in total. The molecule has 8 heteroatoms. The first-order chi connectivity index (χ1) is 13.6. The molecule has 0 N–H and O–H groups in total. The van der Waals surface area contributed by atoms with Gasteiger partial charge in [-0.2, -0.15) is 0 Å². The molecular weight excluding hydrogens is 379 g/mol. The zero-order valence-corrected chi connectivity index (χ0v) is 17.4. The minimum Gasteiger partial charge on any atom is -0.492 e. The summed E-state index contributed by atoms with van der Waals surface area (Å²) in [6, 6.07) is 9.00. The number of pyridine rings is 1. The molecule has 0 atom stereocenters. The Bertz CT molecular complexity index is 825. The molecule has 0 aliphatic carbocycles. The standard InChI is InChI=1S/C20H25FN4O2S/c1-5-25(17-8-6-7-16(21)19(17)27-3)15-12-24(13-15)20(28-4)23-14-9-10-18(26-2)22-11-14/h6-11,15H,5,12-13H2,1-4H3. The van der Waals surface area contributed by atoms with E-state index in [9.17, 15) is 4.39 Å². The van der Waals surface area contributed by atoms with E-state index < -0.39 is 0 Å². The van der Waals surface area contributed by atoms with Gasteiger partial charge in [0.1, 0.15) is 0 Å². The zero-order chi connectivity index (χ0) is 20.1. The Morgan fingerprint density at radius 1 is 1.29 bits per heavy atom. The van der Waals surface area contributed by atoms with Crippen molar-refractivity contribution in [3.8, 4) is 11.6 Å². The largest absolute Gasteiger partial charge is 0.492 e. The van der Waals surface area contributed by atoms with E-state index in [1.54, 1.807) is 37.2 Å². The van der Waals surface area contributed by atoms with Gasteiger partial charge in [0.15, 0.2) is 16.7 Å². The molecule has 0 radical (unpaired) electrons. The van der Waals surface area contributed by atoms with Crippen LogP contribution in [0.15, 0.2) is 41.5 Å². The number of aromatic nitrogens is 1. The molecule has 2 heterocycles. The van der Waals surface area contributed by atoms with Gasteiger partial charge in [0.2, 0.25) is 5.88 Å². The van der Waals surface area contributed by atoms with E-state index in [-0.39, 0.29) is 11.9 Å². The van der Waals surface area contributed by atoms with Crippen molar-refractivity contribution in [3.63, 3.8) is 0 Å². The van der Waals surface area contributed by atoms with Crippen LogP contribution in [0.3, 0.4) is 0 Å². The highest BCUT2D eigenvalue weighted by atomic mass is 32.2. The molecule has 1 fully saturated rings. The molecule has 1 aliphatic heterocycles. The van der Waals surface area contributed by atoms with Crippen molar-refractivity contribution in [3.05, 3.63) is 42.3 Å². The Morgan fingerprint density at radius 3 is 2.64 bits per heavy atom. The van der Waals surface area contributed by atoms with E-state index in [1.165, 1.54) is 13.2 Å². The summed E-state index contributed by atoms with van der Waals surface area (Å²) >= 11 is 1.60. The highest BCUT2D eigenvalue weighted by molar-refractivity contribution is 8.13. The molecule has 0 saturated carbocycles. The van der Waals surface area contributed by atoms with Crippen molar-refractivity contribution in [2.75, 3.05) is 45.0 Å². The molecular formula is C20H25FN4O2S. The summed E-state index contributed by atoms with van der Waals surface area (Å²) in [5.74, 6) is 0.523. The lowest BCUT2D eigenvalue weighted by Crippen LogP contribution is -2.60. The molecule has 2 aromatic rings. The maximum Gasteiger partial charge on any atom is 0.213 e. The zero-order valence-electron chi connectivity index (χ0n) is 16.6. The Balaban J connectivity index is 1.72. The van der Waals surface area contributed by atoms with E-state index in [0.717, 1.165) is 36.2 Å². The van der Waals surface area contributed by atoms with Crippen LogP contribution in [0.1, 0.15) is 6.92 Å². The summed E-state index contributed by atoms with van der Waals surface area (Å²) in [7, 11) is 3.09. The second-order valence-corrected chi connectivity index (χ2v) is 7.07. The molecule has 0 unspecified atom stereocenters. The SMILES string of the molecule is CCN(c1cccc(F)c1OC)C1CN(C(=Nc2ccc(OC)nc2)SC)C1. The number of likely N-dealkylation sites (N-methyl/N-ethyl adjacent to an activating group) is 1. The third-order valence-electron chi connectivity index (χ3n) is 4.71. The van der Waals surface area contributed by atoms with Gasteiger partial charge >= 0.3 is 0 Å². The first-order valence-corrected chi connectivity index (χ1v) is 10.3. The Hall–Kier alpha value is -2.48. The third kappa shape index (κ3) is 4.16. The molecule has 150 valence electrons. The summed E-state index contributed by atoms with van der Waals surface area (Å²) in [5, 5.41) is 0.936. The number of hydrogen-bond donors (Lipinski definition) is 0. The number of likely N-dealkylation sites (tertiary alicyclic amines) is 1. The fraction of sp³-hybridized carbons (Fsp3) is 0.400. The van der Waals surface area contributed by atoms with Crippen molar-refractivity contribution in [2.45, 2.75) is 13.0 Å². The number of nitrogens with zero attached hydrogens (tertiary/aromatic N) is 4. The van der Waals surface area contributed by atoms with Gasteiger partial charge in [-0.05, 0) is 31.4 Å². The average molecular weight is 405 g/mol. The topological polar surface area (TPSA) is 50.2 Å². The number of rotatable bonds is 6. The number of benzene rings is 1. The number of hydrogen-bond acceptors (Lipinski definition) is 6. The minimum absolute atomic E-state index is 0.270. The van der Waals surface area contributed by atoms with Crippen LogP contribution in [0, 0.1) is 5.82 Å². The molecule has 0 bridgehead atoms. The van der Waals surface area contributed by atoms with Crippen molar-refractivity contribution < 1.29 is 13.9 Å². The molecule has 3 rings (SSSR count). The smallest absolute Gasteiger partial charge is 0.213 e. The van der Waals surface area contributed by atoms with Crippen LogP contribution in [0.25, 0.3) is 0 Å². The first-order valence-electron chi connectivity index (χ1n) is 9.08. The number of amidine groups is 1. The summed E-state index contributed by atoms with van der Waals surface area (Å²) < 4.78 is 24.5. The van der Waals surface area contributed by atoms with Gasteiger partial charge in [-0.3, -0.25) is 0 Å². The van der Waals surface area contributed by atoms with Crippen molar-refractivity contribution in [2.24, 2.45) is 4.99 Å². The lowest BCUT2D eigenvalue weighted by molar-refractivity contribution is 0.246. The molecule has 0 spiro atoms. The van der Waals surface area contributed by atoms with Gasteiger partial charge in [0, 0.05) is 25.7 Å².